The van der Waals surface area contributed by atoms with Gasteiger partial charge in [-0.3, -0.25) is 77.0 Å². The van der Waals surface area contributed by atoms with Crippen molar-refractivity contribution in [1.29, 1.82) is 0 Å². The average Bonchev–Trinajstić information content (AvgIpc) is 1.62. The van der Waals surface area contributed by atoms with Gasteiger partial charge in [0, 0.05) is 79.4 Å². The quantitative estimate of drug-likeness (QED) is 0.0150. The minimum Gasteiger partial charge on any atom is -0.388 e. The van der Waals surface area contributed by atoms with Crippen molar-refractivity contribution in [1.82, 2.24) is 74.3 Å². The lowest BCUT2D eigenvalue weighted by Crippen LogP contribution is -2.39. The predicted octanol–water partition coefficient (Wildman–Crippen LogP) is 1.51. The SMILES string of the molecule is C=P(C)(C)CC[C@H]1O[C@@H](c2cn(CNCCC)c(=O)[nH]c2=O)[C@H](O)[C@@H]1O.C=P(C)(C)CC[C@H]1O[C@@H](n2cc(CNCCC)c(=O)[nH]c2=O)[C@H](O)[C@@H]1O.C=P(C)(C)CC[C@H]1O[C@@H](n2cc(CNCCC)c(=O)[nH]c2=O)[C@H](O)[C@@H]1O.C=P(C)(C)CC[C@H]1O[C@@H](n2cc(CNCCC)c(=O)[nH]c2=S)[C@H](O)[C@@H]1O.C=P(C)(C)CC[C@H]1O[C@@H](n2cc(CNCCC)c(=O)[nH]c2=S)[C@H](O)[C@@H]1O. The van der Waals surface area contributed by atoms with Gasteiger partial charge in [-0.1, -0.05) is 34.6 Å². The second kappa shape index (κ2) is 51.9. The van der Waals surface area contributed by atoms with E-state index in [1.165, 1.54) is 32.3 Å². The third-order valence-corrected chi connectivity index (χ3v) is 30.1. The summed E-state index contributed by atoms with van der Waals surface area (Å²) >= 11 is 10.5. The topological polar surface area (TPSA) is 549 Å². The molecule has 0 spiro atoms. The molecule has 0 unspecified atom stereocenters. The maximum Gasteiger partial charge on any atom is 0.330 e. The number of aliphatic hydroxyl groups excluding tert-OH is 10. The Morgan fingerprint density at radius 1 is 0.323 bits per heavy atom. The van der Waals surface area contributed by atoms with Crippen LogP contribution in [0.4, 0.5) is 0 Å². The minimum atomic E-state index is -1.29. The molecule has 5 aromatic heterocycles. The van der Waals surface area contributed by atoms with Crippen molar-refractivity contribution in [2.24, 2.45) is 0 Å². The molecule has 20 atom stereocenters. The number of H-pyrrole nitrogens is 5. The van der Waals surface area contributed by atoms with Gasteiger partial charge in [-0.15, -0.1) is 65.9 Å². The van der Waals surface area contributed by atoms with E-state index in [1.54, 1.807) is 12.4 Å². The molecule has 10 rings (SSSR count). The summed E-state index contributed by atoms with van der Waals surface area (Å²) in [6, 6.07) is 0. The first-order valence-electron chi connectivity index (χ1n) is 44.4. The maximum absolute atomic E-state index is 12.2. The van der Waals surface area contributed by atoms with E-state index >= 15 is 0 Å². The summed E-state index contributed by atoms with van der Waals surface area (Å²) in [7, 11) is 0. The van der Waals surface area contributed by atoms with Crippen molar-refractivity contribution in [3.8, 4) is 0 Å². The van der Waals surface area contributed by atoms with Gasteiger partial charge in [-0.2, -0.15) is 0 Å². The van der Waals surface area contributed by atoms with E-state index in [0.29, 0.717) is 80.5 Å². The second-order valence-corrected chi connectivity index (χ2v) is 59.8. The Kier molecular flexibility index (Phi) is 45.4. The number of hydrogen-bond acceptors (Lipinski definition) is 30. The zero-order chi connectivity index (χ0) is 97.4. The fourth-order valence-electron chi connectivity index (χ4n) is 14.6. The predicted molar refractivity (Wildman–Crippen MR) is 532 cm³/mol. The summed E-state index contributed by atoms with van der Waals surface area (Å²) in [6.45, 7) is 30.2. The van der Waals surface area contributed by atoms with Crippen molar-refractivity contribution >= 4 is 90.4 Å². The number of aromatic nitrogens is 10. The Labute approximate surface area is 771 Å². The van der Waals surface area contributed by atoms with Gasteiger partial charge in [-0.25, -0.2) is 14.4 Å². The number of rotatable bonds is 40. The Morgan fingerprint density at radius 3 is 0.838 bits per heavy atom. The van der Waals surface area contributed by atoms with Gasteiger partial charge in [-0.05, 0) is 219 Å². The van der Waals surface area contributed by atoms with E-state index in [4.69, 9.17) is 48.1 Å². The number of aromatic amines is 5. The molecular weight excluding hydrogens is 1820 g/mol. The van der Waals surface area contributed by atoms with E-state index in [9.17, 15) is 89.4 Å². The van der Waals surface area contributed by atoms with E-state index in [0.717, 1.165) is 105 Å². The summed E-state index contributed by atoms with van der Waals surface area (Å²) in [5, 5.41) is 119. The number of nitrogens with zero attached hydrogens (tertiary/aromatic N) is 5. The molecule has 0 amide bonds. The lowest BCUT2D eigenvalue weighted by molar-refractivity contribution is -0.0404. The molecule has 38 nitrogen and oxygen atoms in total. The van der Waals surface area contributed by atoms with Crippen LogP contribution in [0.1, 0.15) is 158 Å². The number of aliphatic hydroxyl groups is 10. The van der Waals surface area contributed by atoms with Gasteiger partial charge in [0.15, 0.2) is 34.5 Å². The third-order valence-electron chi connectivity index (χ3n) is 22.1. The first-order chi connectivity index (χ1) is 60.7. The first-order valence-corrected chi connectivity index (χ1v) is 60.5. The Morgan fingerprint density at radius 2 is 0.562 bits per heavy atom. The molecular formula is C85H150N15O23P5S2. The standard InChI is InChI=1S/3C17H30N3O5P.2C17H30N3O4PS/c1-5-7-18-10-20-9-11(16(23)19-17(20)24)15-14(22)13(21)12(25-15)6-8-26(2,3)4;2*1-5-7-18-9-11-10-20(17(24)19-15(11)23)16-14(22)13(21)12(25-16)6-8-26(2,3)4;2*1-5-7-18-9-11-10-20(17(26)19-15(11)23)16-14(22)13(21)12(24-16)6-8-25(2,3)4/h9,12-15,18,21-22H,2,5-8,10H2,1,3-4H3,(H,19,23,24);2*10,12-14,16,18,21-22H,2,5-9H2,1,3-4H3,(H,19,23,24);2*10,12-14,16,18,21-22H,2,5-9H2,1,3-4H3,(H,19,23,26)/t12-,13-,14-,15+;4*12-,13-,14-,16-/m11111/s1. The van der Waals surface area contributed by atoms with Crippen LogP contribution in [-0.4, -0.2) is 352 Å². The van der Waals surface area contributed by atoms with Crippen LogP contribution in [0.2, 0.25) is 0 Å². The Balaban J connectivity index is 0.000000250. The van der Waals surface area contributed by atoms with Crippen LogP contribution in [0.3, 0.4) is 0 Å². The molecule has 0 aliphatic carbocycles. The van der Waals surface area contributed by atoms with Crippen LogP contribution in [-0.2, 0) is 56.5 Å². The summed E-state index contributed by atoms with van der Waals surface area (Å²) in [6.07, 6.45) is 21.3. The normalized spacial score (nSPS) is 26.3. The molecule has 0 bridgehead atoms. The summed E-state index contributed by atoms with van der Waals surface area (Å²) in [5.41, 5.74) is -2.05. The van der Waals surface area contributed by atoms with Crippen molar-refractivity contribution < 1.29 is 74.7 Å². The van der Waals surface area contributed by atoms with Crippen LogP contribution >= 0.6 is 58.9 Å². The number of hydrogen-bond donors (Lipinski definition) is 20. The number of nitrogens with one attached hydrogen (secondary N) is 10. The first kappa shape index (κ1) is 114. The van der Waals surface area contributed by atoms with E-state index in [1.807, 2.05) is 34.6 Å². The fraction of sp³-hybridized carbons (Fsp3) is 0.706. The third kappa shape index (κ3) is 34.6. The molecule has 740 valence electrons. The smallest absolute Gasteiger partial charge is 0.330 e. The average molecular weight is 1970 g/mol. The highest BCUT2D eigenvalue weighted by Crippen LogP contribution is 2.45. The van der Waals surface area contributed by atoms with Gasteiger partial charge in [0.1, 0.15) is 67.1 Å². The maximum atomic E-state index is 12.2. The Hall–Kier alpha value is -5.06. The highest BCUT2D eigenvalue weighted by Gasteiger charge is 2.49. The Bertz CT molecular complexity index is 4600. The zero-order valence-corrected chi connectivity index (χ0v) is 84.3. The molecule has 130 heavy (non-hydrogen) atoms. The molecule has 5 fully saturated rings. The zero-order valence-electron chi connectivity index (χ0n) is 78.2. The summed E-state index contributed by atoms with van der Waals surface area (Å²) in [4.78, 5) is 109. The molecule has 20 N–H and O–H groups in total. The van der Waals surface area contributed by atoms with E-state index < -0.39 is 191 Å². The molecule has 5 aromatic rings. The molecule has 0 saturated carbocycles. The van der Waals surface area contributed by atoms with Crippen LogP contribution in [0.5, 0.6) is 0 Å². The molecule has 45 heteroatoms. The molecule has 5 aliphatic heterocycles. The molecule has 0 aromatic carbocycles. The van der Waals surface area contributed by atoms with Crippen molar-refractivity contribution in [2.75, 3.05) is 130 Å². The van der Waals surface area contributed by atoms with Crippen LogP contribution in [0.25, 0.3) is 0 Å². The molecule has 5 saturated heterocycles. The van der Waals surface area contributed by atoms with Crippen LogP contribution in [0, 0.1) is 9.54 Å². The van der Waals surface area contributed by atoms with Gasteiger partial charge >= 0.3 is 17.1 Å². The van der Waals surface area contributed by atoms with Crippen molar-refractivity contribution in [2.45, 2.75) is 254 Å². The lowest BCUT2D eigenvalue weighted by Gasteiger charge is -2.20. The molecule has 5 aliphatic rings. The van der Waals surface area contributed by atoms with Crippen LogP contribution in [0.15, 0.2) is 69.3 Å². The molecule has 0 radical (unpaired) electrons. The largest absolute Gasteiger partial charge is 0.388 e. The highest BCUT2D eigenvalue weighted by molar-refractivity contribution is 7.73. The molecule has 10 heterocycles. The second-order valence-electron chi connectivity index (χ2n) is 37.5. The van der Waals surface area contributed by atoms with E-state index in [2.05, 4.69) is 150 Å². The van der Waals surface area contributed by atoms with Crippen molar-refractivity contribution in [3.05, 3.63) is 152 Å². The summed E-state index contributed by atoms with van der Waals surface area (Å²) < 4.78 is 36.2. The van der Waals surface area contributed by atoms with Gasteiger partial charge in [0.05, 0.1) is 42.8 Å². The highest BCUT2D eigenvalue weighted by atomic mass is 32.1. The monoisotopic (exact) mass is 1970 g/mol. The lowest BCUT2D eigenvalue weighted by atomic mass is 10.0. The van der Waals surface area contributed by atoms with Crippen LogP contribution < -0.4 is 71.4 Å². The van der Waals surface area contributed by atoms with E-state index in [-0.39, 0.29) is 32.9 Å². The van der Waals surface area contributed by atoms with Gasteiger partial charge in [0.2, 0.25) is 0 Å². The number of ether oxygens (including phenoxy) is 5. The van der Waals surface area contributed by atoms with Gasteiger partial charge in [0.25, 0.3) is 27.8 Å². The van der Waals surface area contributed by atoms with Crippen molar-refractivity contribution in [3.63, 3.8) is 0 Å². The minimum absolute atomic E-state index is 0.139. The van der Waals surface area contributed by atoms with Gasteiger partial charge < -0.3 is 96.0 Å². The fourth-order valence-corrected chi connectivity index (χ4v) is 19.9. The summed E-state index contributed by atoms with van der Waals surface area (Å²) in [5.74, 6) is 0.